The van der Waals surface area contributed by atoms with Crippen molar-refractivity contribution in [2.75, 3.05) is 11.9 Å². The molecule has 2 rings (SSSR count). The average Bonchev–Trinajstić information content (AvgIpc) is 2.75. The van der Waals surface area contributed by atoms with Gasteiger partial charge in [-0.3, -0.25) is 4.79 Å². The molecule has 1 heterocycles. The molecule has 0 fully saturated rings. The number of nitrogens with one attached hydrogen (secondary N) is 1. The molecule has 0 amide bonds. The summed E-state index contributed by atoms with van der Waals surface area (Å²) in [5, 5.41) is 8.21. The van der Waals surface area contributed by atoms with Crippen molar-refractivity contribution >= 4 is 23.2 Å². The Morgan fingerprint density at radius 2 is 2.00 bits per heavy atom. The lowest BCUT2D eigenvalue weighted by atomic mass is 10.0. The Morgan fingerprint density at radius 3 is 2.59 bits per heavy atom. The van der Waals surface area contributed by atoms with E-state index in [-0.39, 0.29) is 12.5 Å². The van der Waals surface area contributed by atoms with Gasteiger partial charge in [-0.2, -0.15) is 5.10 Å². The number of hydrogen-bond acceptors (Lipinski definition) is 3. The van der Waals surface area contributed by atoms with Gasteiger partial charge in [0.25, 0.3) is 5.91 Å². The summed E-state index contributed by atoms with van der Waals surface area (Å²) >= 11 is 6.09. The highest BCUT2D eigenvalue weighted by molar-refractivity contribution is 6.31. The first-order chi connectivity index (χ1) is 10.3. The predicted molar refractivity (Wildman–Crippen MR) is 91.1 cm³/mol. The molecule has 1 N–H and O–H groups in total. The van der Waals surface area contributed by atoms with Crippen LogP contribution in [0, 0.1) is 20.8 Å². The van der Waals surface area contributed by atoms with Crippen LogP contribution in [-0.4, -0.2) is 22.2 Å². The summed E-state index contributed by atoms with van der Waals surface area (Å²) in [7, 11) is 0. The summed E-state index contributed by atoms with van der Waals surface area (Å²) in [5.74, 6) is 0.275. The van der Waals surface area contributed by atoms with Crippen LogP contribution in [0.2, 0.25) is 5.02 Å². The molecule has 0 radical (unpaired) electrons. The molecule has 0 unspecified atom stereocenters. The zero-order valence-corrected chi connectivity index (χ0v) is 14.5. The number of carbonyl (C=O) groups excluding carboxylic acids is 1. The van der Waals surface area contributed by atoms with Crippen LogP contribution in [0.15, 0.2) is 18.2 Å². The van der Waals surface area contributed by atoms with E-state index in [2.05, 4.69) is 24.3 Å². The Morgan fingerprint density at radius 1 is 1.32 bits per heavy atom. The summed E-state index contributed by atoms with van der Waals surface area (Å²) < 4.78 is 1.50. The van der Waals surface area contributed by atoms with Crippen LogP contribution in [-0.2, 0) is 0 Å². The van der Waals surface area contributed by atoms with Gasteiger partial charge in [0.2, 0.25) is 0 Å². The van der Waals surface area contributed by atoms with Crippen molar-refractivity contribution in [3.05, 3.63) is 45.7 Å². The van der Waals surface area contributed by atoms with Crippen molar-refractivity contribution < 1.29 is 4.79 Å². The van der Waals surface area contributed by atoms with Crippen LogP contribution < -0.4 is 5.32 Å². The monoisotopic (exact) mass is 319 g/mol. The highest BCUT2D eigenvalue weighted by Gasteiger charge is 2.18. The van der Waals surface area contributed by atoms with Gasteiger partial charge in [-0.1, -0.05) is 31.5 Å². The van der Waals surface area contributed by atoms with E-state index in [4.69, 9.17) is 11.6 Å². The number of aryl methyl sites for hydroxylation is 1. The van der Waals surface area contributed by atoms with Crippen LogP contribution >= 0.6 is 11.6 Å². The number of benzene rings is 1. The van der Waals surface area contributed by atoms with E-state index < -0.39 is 0 Å². The van der Waals surface area contributed by atoms with Gasteiger partial charge in [-0.25, -0.2) is 4.68 Å². The standard InChI is InChI=1S/C17H22ClN3O/c1-10(2)17-12(4)20-21(13(17)5)16(22)9-19-15-8-6-7-14(18)11(15)3/h6-8,10,19H,9H2,1-5H3. The van der Waals surface area contributed by atoms with Crippen molar-refractivity contribution in [3.63, 3.8) is 0 Å². The van der Waals surface area contributed by atoms with Crippen LogP contribution in [0.4, 0.5) is 5.69 Å². The molecule has 0 saturated carbocycles. The van der Waals surface area contributed by atoms with Crippen molar-refractivity contribution in [2.24, 2.45) is 0 Å². The molecule has 0 bridgehead atoms. The van der Waals surface area contributed by atoms with E-state index in [9.17, 15) is 4.79 Å². The Balaban J connectivity index is 2.17. The molecule has 1 aromatic carbocycles. The fourth-order valence-corrected chi connectivity index (χ4v) is 2.95. The number of nitrogens with zero attached hydrogens (tertiary/aromatic N) is 2. The quantitative estimate of drug-likeness (QED) is 0.912. The zero-order valence-electron chi connectivity index (χ0n) is 13.7. The lowest BCUT2D eigenvalue weighted by molar-refractivity contribution is 0.0910. The first-order valence-corrected chi connectivity index (χ1v) is 7.79. The maximum Gasteiger partial charge on any atom is 0.266 e. The number of hydrogen-bond donors (Lipinski definition) is 1. The van der Waals surface area contributed by atoms with Gasteiger partial charge in [-0.15, -0.1) is 0 Å². The SMILES string of the molecule is Cc1nn(C(=O)CNc2cccc(Cl)c2C)c(C)c1C(C)C. The van der Waals surface area contributed by atoms with Gasteiger partial charge in [0, 0.05) is 16.4 Å². The van der Waals surface area contributed by atoms with Gasteiger partial charge in [0.15, 0.2) is 0 Å². The number of anilines is 1. The summed E-state index contributed by atoms with van der Waals surface area (Å²) in [6, 6.07) is 5.61. The van der Waals surface area contributed by atoms with Gasteiger partial charge < -0.3 is 5.32 Å². The first kappa shape index (κ1) is 16.6. The van der Waals surface area contributed by atoms with E-state index in [1.165, 1.54) is 4.68 Å². The summed E-state index contributed by atoms with van der Waals surface area (Å²) in [6.07, 6.45) is 0. The van der Waals surface area contributed by atoms with E-state index in [1.54, 1.807) is 0 Å². The van der Waals surface area contributed by atoms with E-state index in [0.717, 1.165) is 28.2 Å². The topological polar surface area (TPSA) is 46.9 Å². The van der Waals surface area contributed by atoms with Crippen molar-refractivity contribution in [2.45, 2.75) is 40.5 Å². The van der Waals surface area contributed by atoms with E-state index in [1.807, 2.05) is 39.0 Å². The highest BCUT2D eigenvalue weighted by atomic mass is 35.5. The maximum absolute atomic E-state index is 12.4. The van der Waals surface area contributed by atoms with Crippen LogP contribution in [0.1, 0.15) is 47.1 Å². The molecule has 0 atom stereocenters. The minimum Gasteiger partial charge on any atom is -0.376 e. The molecule has 0 aliphatic heterocycles. The first-order valence-electron chi connectivity index (χ1n) is 7.41. The number of carbonyl (C=O) groups is 1. The summed E-state index contributed by atoms with van der Waals surface area (Å²) in [4.78, 5) is 12.4. The molecule has 0 spiro atoms. The molecule has 0 aliphatic carbocycles. The smallest absolute Gasteiger partial charge is 0.266 e. The fourth-order valence-electron chi connectivity index (χ4n) is 2.78. The van der Waals surface area contributed by atoms with E-state index in [0.29, 0.717) is 10.9 Å². The molecular weight excluding hydrogens is 298 g/mol. The second kappa shape index (κ2) is 6.53. The zero-order chi connectivity index (χ0) is 16.4. The average molecular weight is 320 g/mol. The highest BCUT2D eigenvalue weighted by Crippen LogP contribution is 2.24. The predicted octanol–water partition coefficient (Wildman–Crippen LogP) is 4.34. The van der Waals surface area contributed by atoms with Gasteiger partial charge in [-0.05, 0) is 49.9 Å². The molecule has 22 heavy (non-hydrogen) atoms. The number of halogens is 1. The number of aromatic nitrogens is 2. The largest absolute Gasteiger partial charge is 0.376 e. The molecule has 5 heteroatoms. The van der Waals surface area contributed by atoms with Crippen molar-refractivity contribution in [3.8, 4) is 0 Å². The van der Waals surface area contributed by atoms with Gasteiger partial charge in [0.1, 0.15) is 0 Å². The van der Waals surface area contributed by atoms with Crippen LogP contribution in [0.5, 0.6) is 0 Å². The molecule has 118 valence electrons. The summed E-state index contributed by atoms with van der Waals surface area (Å²) in [6.45, 7) is 10.2. The third-order valence-electron chi connectivity index (χ3n) is 3.86. The Labute approximate surface area is 136 Å². The second-order valence-corrected chi connectivity index (χ2v) is 6.22. The Bertz CT molecular complexity index is 704. The van der Waals surface area contributed by atoms with Gasteiger partial charge >= 0.3 is 0 Å². The molecular formula is C17H22ClN3O. The Kier molecular flexibility index (Phi) is 4.91. The lowest BCUT2D eigenvalue weighted by Crippen LogP contribution is -2.23. The molecule has 2 aromatic rings. The van der Waals surface area contributed by atoms with Gasteiger partial charge in [0.05, 0.1) is 12.2 Å². The molecule has 1 aromatic heterocycles. The van der Waals surface area contributed by atoms with Crippen LogP contribution in [0.3, 0.4) is 0 Å². The minimum atomic E-state index is -0.0770. The maximum atomic E-state index is 12.4. The lowest BCUT2D eigenvalue weighted by Gasteiger charge is -2.11. The molecule has 4 nitrogen and oxygen atoms in total. The Hall–Kier alpha value is -1.81. The second-order valence-electron chi connectivity index (χ2n) is 5.81. The third kappa shape index (κ3) is 3.17. The van der Waals surface area contributed by atoms with Crippen LogP contribution in [0.25, 0.3) is 0 Å². The normalized spacial score (nSPS) is 11.0. The molecule has 0 aliphatic rings. The fraction of sp³-hybridized carbons (Fsp3) is 0.412. The van der Waals surface area contributed by atoms with Crippen molar-refractivity contribution in [1.29, 1.82) is 0 Å². The molecule has 0 saturated heterocycles. The van der Waals surface area contributed by atoms with Crippen molar-refractivity contribution in [1.82, 2.24) is 9.78 Å². The number of rotatable bonds is 4. The van der Waals surface area contributed by atoms with E-state index >= 15 is 0 Å². The summed E-state index contributed by atoms with van der Waals surface area (Å²) in [5.41, 5.74) is 4.79. The minimum absolute atomic E-state index is 0.0770. The third-order valence-corrected chi connectivity index (χ3v) is 4.27.